The molecule has 0 atom stereocenters. The fraction of sp³-hybridized carbons (Fsp3) is 0.583. The number of aryl methyl sites for hydroxylation is 1. The van der Waals surface area contributed by atoms with E-state index in [-0.39, 0.29) is 0 Å². The second-order valence-electron chi connectivity index (χ2n) is 4.36. The number of unbranched alkanes of at least 4 members (excludes halogenated alkanes) is 3. The molecule has 2 aromatic rings. The monoisotopic (exact) mass is 248 g/mol. The van der Waals surface area contributed by atoms with Gasteiger partial charge in [0, 0.05) is 13.6 Å². The van der Waals surface area contributed by atoms with E-state index in [1.54, 1.807) is 17.2 Å². The van der Waals surface area contributed by atoms with E-state index in [1.807, 2.05) is 7.05 Å². The Balaban J connectivity index is 1.88. The van der Waals surface area contributed by atoms with Crippen LogP contribution in [0.4, 0.5) is 5.82 Å². The number of fused-ring (bicyclic) bond motifs is 1. The van der Waals surface area contributed by atoms with Gasteiger partial charge >= 0.3 is 0 Å². The van der Waals surface area contributed by atoms with Gasteiger partial charge in [-0.2, -0.15) is 5.10 Å². The summed E-state index contributed by atoms with van der Waals surface area (Å²) in [7, 11) is 1.88. The summed E-state index contributed by atoms with van der Waals surface area (Å²) in [5.74, 6) is 0.868. The maximum Gasteiger partial charge on any atom is 0.163 e. The first-order chi connectivity index (χ1) is 8.83. The van der Waals surface area contributed by atoms with Gasteiger partial charge in [0.25, 0.3) is 0 Å². The third-order valence-corrected chi connectivity index (χ3v) is 2.95. The van der Waals surface area contributed by atoms with Gasteiger partial charge < -0.3 is 11.1 Å². The molecule has 0 saturated carbocycles. The Morgan fingerprint density at radius 1 is 1.22 bits per heavy atom. The number of hydrogen-bond donors (Lipinski definition) is 2. The van der Waals surface area contributed by atoms with E-state index < -0.39 is 0 Å². The summed E-state index contributed by atoms with van der Waals surface area (Å²) >= 11 is 0. The summed E-state index contributed by atoms with van der Waals surface area (Å²) in [6.07, 6.45) is 8.01. The van der Waals surface area contributed by atoms with Crippen LogP contribution in [0.3, 0.4) is 0 Å². The van der Waals surface area contributed by atoms with E-state index >= 15 is 0 Å². The Morgan fingerprint density at radius 2 is 2.06 bits per heavy atom. The second-order valence-corrected chi connectivity index (χ2v) is 4.36. The Morgan fingerprint density at radius 3 is 2.89 bits per heavy atom. The van der Waals surface area contributed by atoms with Crippen molar-refractivity contribution in [1.29, 1.82) is 0 Å². The molecule has 0 aliphatic rings. The van der Waals surface area contributed by atoms with Crippen LogP contribution in [-0.2, 0) is 7.05 Å². The molecule has 2 rings (SSSR count). The van der Waals surface area contributed by atoms with Crippen LogP contribution in [0.15, 0.2) is 12.5 Å². The van der Waals surface area contributed by atoms with Gasteiger partial charge in [0.05, 0.1) is 11.6 Å². The zero-order chi connectivity index (χ0) is 12.8. The number of nitrogens with zero attached hydrogens (tertiary/aromatic N) is 4. The van der Waals surface area contributed by atoms with Gasteiger partial charge in [-0.05, 0) is 19.4 Å². The van der Waals surface area contributed by atoms with E-state index in [4.69, 9.17) is 5.73 Å². The first-order valence-corrected chi connectivity index (χ1v) is 6.39. The van der Waals surface area contributed by atoms with Crippen molar-refractivity contribution in [2.24, 2.45) is 12.8 Å². The molecule has 3 N–H and O–H groups in total. The standard InChI is InChI=1S/C12H20N6/c1-18-12-10(8-17-18)11(15-9-16-12)14-7-5-3-2-4-6-13/h8-9H,2-7,13H2,1H3,(H,14,15,16). The zero-order valence-electron chi connectivity index (χ0n) is 10.8. The maximum absolute atomic E-state index is 5.46. The van der Waals surface area contributed by atoms with Gasteiger partial charge in [0.1, 0.15) is 12.1 Å². The molecule has 98 valence electrons. The van der Waals surface area contributed by atoms with Crippen molar-refractivity contribution >= 4 is 16.9 Å². The van der Waals surface area contributed by atoms with Crippen molar-refractivity contribution in [3.8, 4) is 0 Å². The first-order valence-electron chi connectivity index (χ1n) is 6.39. The molecule has 0 aliphatic carbocycles. The fourth-order valence-corrected chi connectivity index (χ4v) is 1.93. The van der Waals surface area contributed by atoms with Gasteiger partial charge in [0.2, 0.25) is 0 Å². The Kier molecular flexibility index (Phi) is 4.46. The Hall–Kier alpha value is -1.69. The van der Waals surface area contributed by atoms with Crippen LogP contribution in [-0.4, -0.2) is 32.8 Å². The molecule has 0 unspecified atom stereocenters. The molecular weight excluding hydrogens is 228 g/mol. The quantitative estimate of drug-likeness (QED) is 0.722. The zero-order valence-corrected chi connectivity index (χ0v) is 10.8. The van der Waals surface area contributed by atoms with Crippen LogP contribution >= 0.6 is 0 Å². The highest BCUT2D eigenvalue weighted by Crippen LogP contribution is 2.17. The molecule has 18 heavy (non-hydrogen) atoms. The van der Waals surface area contributed by atoms with Crippen molar-refractivity contribution in [1.82, 2.24) is 19.7 Å². The molecular formula is C12H20N6. The molecule has 6 nitrogen and oxygen atoms in total. The van der Waals surface area contributed by atoms with E-state index in [2.05, 4.69) is 20.4 Å². The van der Waals surface area contributed by atoms with E-state index in [9.17, 15) is 0 Å². The molecule has 0 radical (unpaired) electrons. The minimum Gasteiger partial charge on any atom is -0.369 e. The summed E-state index contributed by atoms with van der Waals surface area (Å²) in [4.78, 5) is 8.46. The lowest BCUT2D eigenvalue weighted by molar-refractivity contribution is 0.661. The van der Waals surface area contributed by atoms with Gasteiger partial charge in [-0.3, -0.25) is 4.68 Å². The predicted molar refractivity (Wildman–Crippen MR) is 72.3 cm³/mol. The van der Waals surface area contributed by atoms with Crippen molar-refractivity contribution < 1.29 is 0 Å². The van der Waals surface area contributed by atoms with Crippen molar-refractivity contribution in [3.63, 3.8) is 0 Å². The van der Waals surface area contributed by atoms with Gasteiger partial charge in [-0.15, -0.1) is 0 Å². The van der Waals surface area contributed by atoms with Gasteiger partial charge in [-0.1, -0.05) is 12.8 Å². The van der Waals surface area contributed by atoms with Crippen LogP contribution in [0.1, 0.15) is 25.7 Å². The number of nitrogens with two attached hydrogens (primary N) is 1. The summed E-state index contributed by atoms with van der Waals surface area (Å²) in [5.41, 5.74) is 6.31. The summed E-state index contributed by atoms with van der Waals surface area (Å²) < 4.78 is 1.75. The minimum absolute atomic E-state index is 0.787. The van der Waals surface area contributed by atoms with Crippen LogP contribution in [0.25, 0.3) is 11.0 Å². The number of anilines is 1. The smallest absolute Gasteiger partial charge is 0.163 e. The Bertz CT molecular complexity index is 492. The molecule has 0 aromatic carbocycles. The highest BCUT2D eigenvalue weighted by atomic mass is 15.3. The summed E-state index contributed by atoms with van der Waals surface area (Å²) in [6.45, 7) is 1.71. The topological polar surface area (TPSA) is 81.7 Å². The highest BCUT2D eigenvalue weighted by Gasteiger charge is 2.06. The van der Waals surface area contributed by atoms with Crippen molar-refractivity contribution in [2.45, 2.75) is 25.7 Å². The number of rotatable bonds is 7. The predicted octanol–water partition coefficient (Wildman–Crippen LogP) is 1.29. The number of hydrogen-bond acceptors (Lipinski definition) is 5. The lowest BCUT2D eigenvalue weighted by Gasteiger charge is -2.05. The number of aromatic nitrogens is 4. The molecule has 0 amide bonds. The lowest BCUT2D eigenvalue weighted by Crippen LogP contribution is -2.05. The van der Waals surface area contributed by atoms with Gasteiger partial charge in [0.15, 0.2) is 5.65 Å². The molecule has 0 aliphatic heterocycles. The summed E-state index contributed by atoms with van der Waals surface area (Å²) in [5, 5.41) is 8.50. The van der Waals surface area contributed by atoms with Gasteiger partial charge in [-0.25, -0.2) is 9.97 Å². The highest BCUT2D eigenvalue weighted by molar-refractivity contribution is 5.85. The normalized spacial score (nSPS) is 11.0. The van der Waals surface area contributed by atoms with Crippen LogP contribution < -0.4 is 11.1 Å². The lowest BCUT2D eigenvalue weighted by atomic mass is 10.2. The van der Waals surface area contributed by atoms with E-state index in [0.29, 0.717) is 0 Å². The van der Waals surface area contributed by atoms with Crippen molar-refractivity contribution in [2.75, 3.05) is 18.4 Å². The third kappa shape index (κ3) is 2.95. The molecule has 0 fully saturated rings. The fourth-order valence-electron chi connectivity index (χ4n) is 1.93. The van der Waals surface area contributed by atoms with Crippen LogP contribution in [0.5, 0.6) is 0 Å². The number of nitrogens with one attached hydrogen (secondary N) is 1. The van der Waals surface area contributed by atoms with E-state index in [0.717, 1.165) is 42.8 Å². The van der Waals surface area contributed by atoms with Crippen LogP contribution in [0, 0.1) is 0 Å². The maximum atomic E-state index is 5.46. The molecule has 6 heteroatoms. The second kappa shape index (κ2) is 6.30. The van der Waals surface area contributed by atoms with Crippen LogP contribution in [0.2, 0.25) is 0 Å². The minimum atomic E-state index is 0.787. The van der Waals surface area contributed by atoms with Crippen molar-refractivity contribution in [3.05, 3.63) is 12.5 Å². The average Bonchev–Trinajstić information content (AvgIpc) is 2.77. The molecule has 2 heterocycles. The summed E-state index contributed by atoms with van der Waals surface area (Å²) in [6, 6.07) is 0. The molecule has 0 spiro atoms. The van der Waals surface area contributed by atoms with E-state index in [1.165, 1.54) is 12.8 Å². The largest absolute Gasteiger partial charge is 0.369 e. The first kappa shape index (κ1) is 12.8. The Labute approximate surface area is 107 Å². The molecule has 0 saturated heterocycles. The molecule has 0 bridgehead atoms. The SMILES string of the molecule is Cn1ncc2c(NCCCCCCN)ncnc21. The molecule has 2 aromatic heterocycles. The third-order valence-electron chi connectivity index (χ3n) is 2.95. The average molecular weight is 248 g/mol.